The van der Waals surface area contributed by atoms with Gasteiger partial charge in [0.1, 0.15) is 0 Å². The van der Waals surface area contributed by atoms with Crippen molar-refractivity contribution in [1.82, 2.24) is 0 Å². The second-order valence-electron chi connectivity index (χ2n) is 4.09. The number of nitrogens with two attached hydrogens (primary N) is 1. The monoisotopic (exact) mass is 402 g/mol. The topological polar surface area (TPSA) is 38.0 Å². The minimum atomic E-state index is 0.0345. The van der Waals surface area contributed by atoms with Gasteiger partial charge in [-0.1, -0.05) is 29.8 Å². The zero-order valence-electron chi connectivity index (χ0n) is 10.0. The van der Waals surface area contributed by atoms with Crippen LogP contribution in [-0.4, -0.2) is 6.54 Å². The van der Waals surface area contributed by atoms with Crippen LogP contribution in [0.2, 0.25) is 5.02 Å². The van der Waals surface area contributed by atoms with E-state index in [1.54, 1.807) is 0 Å². The second kappa shape index (κ2) is 6.75. The molecule has 1 unspecified atom stereocenters. The van der Waals surface area contributed by atoms with Gasteiger partial charge in [0.2, 0.25) is 0 Å². The van der Waals surface area contributed by atoms with E-state index < -0.39 is 0 Å². The summed E-state index contributed by atoms with van der Waals surface area (Å²) in [5.41, 5.74) is 7.97. The SMILES string of the molecule is NCC(Nc1ccccc1Br)c1ccc(Cl)c(Br)c1. The Morgan fingerprint density at radius 2 is 1.84 bits per heavy atom. The highest BCUT2D eigenvalue weighted by molar-refractivity contribution is 9.11. The summed E-state index contributed by atoms with van der Waals surface area (Å²) in [6, 6.07) is 13.8. The van der Waals surface area contributed by atoms with Gasteiger partial charge in [0.05, 0.1) is 11.1 Å². The van der Waals surface area contributed by atoms with Crippen LogP contribution >= 0.6 is 43.5 Å². The minimum absolute atomic E-state index is 0.0345. The van der Waals surface area contributed by atoms with Crippen molar-refractivity contribution in [1.29, 1.82) is 0 Å². The van der Waals surface area contributed by atoms with E-state index >= 15 is 0 Å². The second-order valence-corrected chi connectivity index (χ2v) is 6.20. The van der Waals surface area contributed by atoms with E-state index in [4.69, 9.17) is 17.3 Å². The summed E-state index contributed by atoms with van der Waals surface area (Å²) in [5.74, 6) is 0. The molecule has 0 aliphatic carbocycles. The van der Waals surface area contributed by atoms with Gasteiger partial charge in [0, 0.05) is 21.2 Å². The van der Waals surface area contributed by atoms with Crippen LogP contribution in [0.25, 0.3) is 0 Å². The zero-order chi connectivity index (χ0) is 13.8. The van der Waals surface area contributed by atoms with Gasteiger partial charge in [-0.3, -0.25) is 0 Å². The molecule has 0 spiro atoms. The van der Waals surface area contributed by atoms with Crippen molar-refractivity contribution in [3.63, 3.8) is 0 Å². The molecule has 19 heavy (non-hydrogen) atoms. The lowest BCUT2D eigenvalue weighted by atomic mass is 10.1. The van der Waals surface area contributed by atoms with Crippen LogP contribution < -0.4 is 11.1 Å². The number of benzene rings is 2. The maximum Gasteiger partial charge on any atom is 0.0637 e. The van der Waals surface area contributed by atoms with Gasteiger partial charge in [-0.25, -0.2) is 0 Å². The Hall–Kier alpha value is -0.550. The smallest absolute Gasteiger partial charge is 0.0637 e. The average Bonchev–Trinajstić information content (AvgIpc) is 2.41. The highest BCUT2D eigenvalue weighted by atomic mass is 79.9. The number of nitrogens with one attached hydrogen (secondary N) is 1. The number of rotatable bonds is 4. The fraction of sp³-hybridized carbons (Fsp3) is 0.143. The average molecular weight is 405 g/mol. The molecule has 0 saturated carbocycles. The quantitative estimate of drug-likeness (QED) is 0.754. The summed E-state index contributed by atoms with van der Waals surface area (Å²) in [6.45, 7) is 0.495. The molecule has 2 aromatic rings. The first-order chi connectivity index (χ1) is 9.11. The van der Waals surface area contributed by atoms with Crippen LogP contribution in [0.4, 0.5) is 5.69 Å². The van der Waals surface area contributed by atoms with Crippen molar-refractivity contribution in [2.24, 2.45) is 5.73 Å². The Morgan fingerprint density at radius 1 is 1.11 bits per heavy atom. The van der Waals surface area contributed by atoms with Gasteiger partial charge in [0.15, 0.2) is 0 Å². The molecular weight excluding hydrogens is 391 g/mol. The molecule has 2 nitrogen and oxygen atoms in total. The van der Waals surface area contributed by atoms with Gasteiger partial charge >= 0.3 is 0 Å². The zero-order valence-corrected chi connectivity index (χ0v) is 14.0. The Bertz CT molecular complexity index is 575. The molecule has 0 fully saturated rings. The molecule has 0 saturated heterocycles. The van der Waals surface area contributed by atoms with Crippen molar-refractivity contribution in [2.45, 2.75) is 6.04 Å². The molecule has 3 N–H and O–H groups in total. The van der Waals surface area contributed by atoms with Crippen molar-refractivity contribution in [3.05, 3.63) is 62.0 Å². The highest BCUT2D eigenvalue weighted by Crippen LogP contribution is 2.29. The molecule has 2 aromatic carbocycles. The van der Waals surface area contributed by atoms with Crippen LogP contribution in [-0.2, 0) is 0 Å². The maximum absolute atomic E-state index is 6.01. The summed E-state index contributed by atoms with van der Waals surface area (Å²) in [4.78, 5) is 0. The number of hydrogen-bond donors (Lipinski definition) is 2. The lowest BCUT2D eigenvalue weighted by Gasteiger charge is -2.20. The van der Waals surface area contributed by atoms with Crippen molar-refractivity contribution in [2.75, 3.05) is 11.9 Å². The van der Waals surface area contributed by atoms with Crippen molar-refractivity contribution >= 4 is 49.1 Å². The lowest BCUT2D eigenvalue weighted by molar-refractivity contribution is 0.789. The molecule has 0 radical (unpaired) electrons. The van der Waals surface area contributed by atoms with Gasteiger partial charge < -0.3 is 11.1 Å². The molecule has 0 heterocycles. The van der Waals surface area contributed by atoms with Crippen LogP contribution in [0.15, 0.2) is 51.4 Å². The first-order valence-corrected chi connectivity index (χ1v) is 7.74. The standard InChI is InChI=1S/C14H13Br2ClN2/c15-10-3-1-2-4-13(10)19-14(8-18)9-5-6-12(17)11(16)7-9/h1-7,14,19H,8,18H2. The molecule has 1 atom stereocenters. The molecule has 0 aliphatic heterocycles. The molecule has 2 rings (SSSR count). The van der Waals surface area contributed by atoms with Gasteiger partial charge in [-0.15, -0.1) is 0 Å². The molecule has 0 aromatic heterocycles. The largest absolute Gasteiger partial charge is 0.376 e. The minimum Gasteiger partial charge on any atom is -0.376 e. The molecule has 0 aliphatic rings. The summed E-state index contributed by atoms with van der Waals surface area (Å²) in [5, 5.41) is 4.12. The van der Waals surface area contributed by atoms with Crippen LogP contribution in [0.5, 0.6) is 0 Å². The van der Waals surface area contributed by atoms with Gasteiger partial charge in [-0.2, -0.15) is 0 Å². The summed E-state index contributed by atoms with van der Waals surface area (Å²) >= 11 is 13.0. The molecule has 5 heteroatoms. The van der Waals surface area contributed by atoms with Crippen LogP contribution in [0, 0.1) is 0 Å². The normalized spacial score (nSPS) is 12.2. The first kappa shape index (κ1) is 14.9. The van der Waals surface area contributed by atoms with E-state index in [0.29, 0.717) is 11.6 Å². The predicted molar refractivity (Wildman–Crippen MR) is 88.7 cm³/mol. The Kier molecular flexibility index (Phi) is 5.28. The third-order valence-corrected chi connectivity index (χ3v) is 4.69. The number of anilines is 1. The van der Waals surface area contributed by atoms with Gasteiger partial charge in [0.25, 0.3) is 0 Å². The Morgan fingerprint density at radius 3 is 2.47 bits per heavy atom. The van der Waals surface area contributed by atoms with E-state index in [1.807, 2.05) is 42.5 Å². The summed E-state index contributed by atoms with van der Waals surface area (Å²) in [7, 11) is 0. The van der Waals surface area contributed by atoms with Crippen molar-refractivity contribution in [3.8, 4) is 0 Å². The van der Waals surface area contributed by atoms with E-state index in [0.717, 1.165) is 20.2 Å². The highest BCUT2D eigenvalue weighted by Gasteiger charge is 2.12. The fourth-order valence-corrected chi connectivity index (χ4v) is 2.69. The number of para-hydroxylation sites is 1. The van der Waals surface area contributed by atoms with E-state index in [2.05, 4.69) is 37.2 Å². The third-order valence-electron chi connectivity index (χ3n) is 2.79. The summed E-state index contributed by atoms with van der Waals surface area (Å²) in [6.07, 6.45) is 0. The lowest BCUT2D eigenvalue weighted by Crippen LogP contribution is -2.20. The predicted octanol–water partition coefficient (Wildman–Crippen LogP) is 4.98. The fourth-order valence-electron chi connectivity index (χ4n) is 1.77. The van der Waals surface area contributed by atoms with E-state index in [9.17, 15) is 0 Å². The van der Waals surface area contributed by atoms with Crippen LogP contribution in [0.1, 0.15) is 11.6 Å². The number of hydrogen-bond acceptors (Lipinski definition) is 2. The third kappa shape index (κ3) is 3.72. The van der Waals surface area contributed by atoms with Gasteiger partial charge in [-0.05, 0) is 61.7 Å². The van der Waals surface area contributed by atoms with Crippen molar-refractivity contribution < 1.29 is 0 Å². The van der Waals surface area contributed by atoms with E-state index in [-0.39, 0.29) is 6.04 Å². The number of halogens is 3. The molecule has 0 amide bonds. The molecule has 0 bridgehead atoms. The first-order valence-electron chi connectivity index (χ1n) is 5.78. The molecule has 100 valence electrons. The summed E-state index contributed by atoms with van der Waals surface area (Å²) < 4.78 is 1.89. The molecular formula is C14H13Br2ClN2. The van der Waals surface area contributed by atoms with Crippen LogP contribution in [0.3, 0.4) is 0 Å². The Balaban J connectivity index is 2.25. The van der Waals surface area contributed by atoms with E-state index in [1.165, 1.54) is 0 Å². The maximum atomic E-state index is 6.01. The Labute approximate surface area is 134 Å².